The molecular formula is C14H17NO4. The molecule has 0 unspecified atom stereocenters. The molecule has 1 rings (SSSR count). The zero-order valence-corrected chi connectivity index (χ0v) is 10.7. The van der Waals surface area contributed by atoms with Crippen molar-refractivity contribution in [2.45, 2.75) is 12.5 Å². The minimum Gasteiger partial charge on any atom is -0.497 e. The zero-order valence-electron chi connectivity index (χ0n) is 10.7. The second-order valence-electron chi connectivity index (χ2n) is 4.01. The first kappa shape index (κ1) is 14.8. The van der Waals surface area contributed by atoms with Crippen LogP contribution in [0.3, 0.4) is 0 Å². The Kier molecular flexibility index (Phi) is 5.60. The van der Waals surface area contributed by atoms with E-state index in [9.17, 15) is 14.7 Å². The summed E-state index contributed by atoms with van der Waals surface area (Å²) in [4.78, 5) is 22.2. The fourth-order valence-corrected chi connectivity index (χ4v) is 1.68. The second-order valence-corrected chi connectivity index (χ2v) is 4.01. The first-order chi connectivity index (χ1) is 9.12. The summed E-state index contributed by atoms with van der Waals surface area (Å²) >= 11 is 0. The number of allylic oxidation sites excluding steroid dienone is 1. The number of carboxylic acids is 1. The van der Waals surface area contributed by atoms with E-state index in [4.69, 9.17) is 4.74 Å². The summed E-state index contributed by atoms with van der Waals surface area (Å²) in [5.74, 6) is -1.05. The monoisotopic (exact) mass is 263 g/mol. The molecule has 2 atom stereocenters. The number of carbonyl (C=O) groups is 2. The van der Waals surface area contributed by atoms with Gasteiger partial charge in [0.1, 0.15) is 18.1 Å². The van der Waals surface area contributed by atoms with Crippen LogP contribution in [0, 0.1) is 5.92 Å². The average molecular weight is 263 g/mol. The van der Waals surface area contributed by atoms with Crippen molar-refractivity contribution in [1.82, 2.24) is 0 Å². The number of carboxylic acid groups (broad SMARTS) is 1. The van der Waals surface area contributed by atoms with Crippen LogP contribution in [-0.2, 0) is 9.59 Å². The smallest absolute Gasteiger partial charge is 0.326 e. The van der Waals surface area contributed by atoms with Crippen LogP contribution in [0.5, 0.6) is 5.75 Å². The molecule has 0 fully saturated rings. The molecule has 5 heteroatoms. The van der Waals surface area contributed by atoms with Crippen molar-refractivity contribution < 1.29 is 19.4 Å². The first-order valence-corrected chi connectivity index (χ1v) is 5.82. The molecule has 0 bridgehead atoms. The summed E-state index contributed by atoms with van der Waals surface area (Å²) in [6.45, 7) is 3.52. The Morgan fingerprint density at radius 1 is 1.47 bits per heavy atom. The van der Waals surface area contributed by atoms with Crippen molar-refractivity contribution in [2.75, 3.05) is 12.4 Å². The van der Waals surface area contributed by atoms with Gasteiger partial charge in [0, 0.05) is 11.6 Å². The van der Waals surface area contributed by atoms with Crippen LogP contribution in [0.4, 0.5) is 5.69 Å². The van der Waals surface area contributed by atoms with E-state index in [-0.39, 0.29) is 0 Å². The van der Waals surface area contributed by atoms with Crippen LogP contribution in [-0.4, -0.2) is 30.5 Å². The molecule has 0 aliphatic carbocycles. The molecule has 1 aromatic rings. The number of aldehydes is 1. The first-order valence-electron chi connectivity index (χ1n) is 5.82. The van der Waals surface area contributed by atoms with Crippen LogP contribution < -0.4 is 10.1 Å². The van der Waals surface area contributed by atoms with Crippen LogP contribution in [0.25, 0.3) is 0 Å². The maximum atomic E-state index is 11.2. The molecule has 0 radical (unpaired) electrons. The molecule has 0 aromatic heterocycles. The lowest BCUT2D eigenvalue weighted by atomic mass is 9.97. The summed E-state index contributed by atoms with van der Waals surface area (Å²) in [7, 11) is 1.55. The summed E-state index contributed by atoms with van der Waals surface area (Å²) < 4.78 is 5.02. The standard InChI is InChI=1S/C14H17NO4/c1-3-4-10(9-16)13(14(17)18)15-11-5-7-12(19-2)8-6-11/h3,5-10,13,15H,1,4H2,2H3,(H,17,18)/t10-,13-/m0/s1. The van der Waals surface area contributed by atoms with Gasteiger partial charge in [-0.2, -0.15) is 0 Å². The molecule has 0 saturated carbocycles. The van der Waals surface area contributed by atoms with Crippen LogP contribution in [0.2, 0.25) is 0 Å². The summed E-state index contributed by atoms with van der Waals surface area (Å²) in [5.41, 5.74) is 0.615. The Labute approximate surface area is 111 Å². The fourth-order valence-electron chi connectivity index (χ4n) is 1.68. The predicted molar refractivity (Wildman–Crippen MR) is 72.4 cm³/mol. The van der Waals surface area contributed by atoms with Gasteiger partial charge in [-0.3, -0.25) is 0 Å². The molecule has 102 valence electrons. The van der Waals surface area contributed by atoms with Gasteiger partial charge in [0.05, 0.1) is 7.11 Å². The number of ether oxygens (including phenoxy) is 1. The number of rotatable bonds is 8. The van der Waals surface area contributed by atoms with E-state index in [1.54, 1.807) is 31.4 Å². The molecule has 0 aliphatic heterocycles. The minimum absolute atomic E-state index is 0.309. The number of carbonyl (C=O) groups excluding carboxylic acids is 1. The van der Waals surface area contributed by atoms with E-state index in [1.165, 1.54) is 6.08 Å². The molecule has 0 heterocycles. The Morgan fingerprint density at radius 2 is 2.11 bits per heavy atom. The molecule has 0 aliphatic rings. The van der Waals surface area contributed by atoms with Gasteiger partial charge >= 0.3 is 5.97 Å². The third-order valence-electron chi connectivity index (χ3n) is 2.72. The molecular weight excluding hydrogens is 246 g/mol. The Hall–Kier alpha value is -2.30. The third kappa shape index (κ3) is 4.13. The largest absolute Gasteiger partial charge is 0.497 e. The zero-order chi connectivity index (χ0) is 14.3. The van der Waals surface area contributed by atoms with Gasteiger partial charge in [-0.1, -0.05) is 6.08 Å². The molecule has 0 saturated heterocycles. The number of aliphatic carboxylic acids is 1. The number of benzene rings is 1. The van der Waals surface area contributed by atoms with Crippen molar-refractivity contribution >= 4 is 17.9 Å². The lowest BCUT2D eigenvalue weighted by molar-refractivity contribution is -0.140. The van der Waals surface area contributed by atoms with E-state index in [0.29, 0.717) is 24.1 Å². The van der Waals surface area contributed by atoms with Gasteiger partial charge in [0.15, 0.2) is 0 Å². The number of hydrogen-bond donors (Lipinski definition) is 2. The normalized spacial score (nSPS) is 13.1. The Morgan fingerprint density at radius 3 is 2.53 bits per heavy atom. The number of anilines is 1. The van der Waals surface area contributed by atoms with E-state index in [1.807, 2.05) is 0 Å². The fraction of sp³-hybridized carbons (Fsp3) is 0.286. The number of methoxy groups -OCH3 is 1. The molecule has 19 heavy (non-hydrogen) atoms. The van der Waals surface area contributed by atoms with Crippen molar-refractivity contribution in [3.05, 3.63) is 36.9 Å². The highest BCUT2D eigenvalue weighted by Crippen LogP contribution is 2.18. The van der Waals surface area contributed by atoms with Gasteiger partial charge in [0.2, 0.25) is 0 Å². The number of nitrogens with one attached hydrogen (secondary N) is 1. The Balaban J connectivity index is 2.84. The van der Waals surface area contributed by atoms with Gasteiger partial charge in [-0.15, -0.1) is 6.58 Å². The van der Waals surface area contributed by atoms with Crippen LogP contribution >= 0.6 is 0 Å². The van der Waals surface area contributed by atoms with Gasteiger partial charge in [-0.05, 0) is 30.7 Å². The maximum absolute atomic E-state index is 11.2. The molecule has 0 spiro atoms. The van der Waals surface area contributed by atoms with E-state index in [0.717, 1.165) is 0 Å². The highest BCUT2D eigenvalue weighted by Gasteiger charge is 2.26. The van der Waals surface area contributed by atoms with E-state index in [2.05, 4.69) is 11.9 Å². The van der Waals surface area contributed by atoms with Gasteiger partial charge in [-0.25, -0.2) is 4.79 Å². The quantitative estimate of drug-likeness (QED) is 0.554. The second kappa shape index (κ2) is 7.20. The molecule has 0 amide bonds. The van der Waals surface area contributed by atoms with Crippen molar-refractivity contribution in [2.24, 2.45) is 5.92 Å². The lowest BCUT2D eigenvalue weighted by Gasteiger charge is -2.20. The van der Waals surface area contributed by atoms with Crippen LogP contribution in [0.1, 0.15) is 6.42 Å². The number of hydrogen-bond acceptors (Lipinski definition) is 4. The SMILES string of the molecule is C=CC[C@@H](C=O)[C@H](Nc1ccc(OC)cc1)C(=O)O. The average Bonchev–Trinajstić information content (AvgIpc) is 2.43. The van der Waals surface area contributed by atoms with Gasteiger partial charge < -0.3 is 20.0 Å². The van der Waals surface area contributed by atoms with Crippen molar-refractivity contribution in [1.29, 1.82) is 0 Å². The third-order valence-corrected chi connectivity index (χ3v) is 2.72. The van der Waals surface area contributed by atoms with Gasteiger partial charge in [0.25, 0.3) is 0 Å². The Bertz CT molecular complexity index is 441. The van der Waals surface area contributed by atoms with Crippen molar-refractivity contribution in [3.63, 3.8) is 0 Å². The predicted octanol–water partition coefficient (Wildman–Crippen LogP) is 1.95. The lowest BCUT2D eigenvalue weighted by Crippen LogP contribution is -2.37. The molecule has 1 aromatic carbocycles. The highest BCUT2D eigenvalue weighted by molar-refractivity contribution is 5.81. The van der Waals surface area contributed by atoms with E-state index >= 15 is 0 Å². The summed E-state index contributed by atoms with van der Waals surface area (Å²) in [6.07, 6.45) is 2.48. The summed E-state index contributed by atoms with van der Waals surface area (Å²) in [6, 6.07) is 5.84. The summed E-state index contributed by atoms with van der Waals surface area (Å²) in [5, 5.41) is 12.0. The topological polar surface area (TPSA) is 75.6 Å². The van der Waals surface area contributed by atoms with Crippen molar-refractivity contribution in [3.8, 4) is 5.75 Å². The van der Waals surface area contributed by atoms with Crippen LogP contribution in [0.15, 0.2) is 36.9 Å². The van der Waals surface area contributed by atoms with E-state index < -0.39 is 17.9 Å². The molecule has 2 N–H and O–H groups in total. The maximum Gasteiger partial charge on any atom is 0.326 e. The highest BCUT2D eigenvalue weighted by atomic mass is 16.5. The minimum atomic E-state index is -1.07. The molecule has 5 nitrogen and oxygen atoms in total.